The predicted octanol–water partition coefficient (Wildman–Crippen LogP) is 3.26. The van der Waals surface area contributed by atoms with Gasteiger partial charge in [0.2, 0.25) is 12.6 Å². The monoisotopic (exact) mass is 442 g/mol. The van der Waals surface area contributed by atoms with Crippen molar-refractivity contribution in [1.82, 2.24) is 0 Å². The Morgan fingerprint density at radius 2 is 1.13 bits per heavy atom. The van der Waals surface area contributed by atoms with Crippen molar-refractivity contribution < 1.29 is 52.3 Å². The van der Waals surface area contributed by atoms with Crippen LogP contribution in [0.4, 0.5) is 9.59 Å². The molecule has 0 heterocycles. The van der Waals surface area contributed by atoms with Gasteiger partial charge in [-0.05, 0) is 19.9 Å². The summed E-state index contributed by atoms with van der Waals surface area (Å²) in [5.74, 6) is -1.56. The molecule has 4 atom stereocenters. The second kappa shape index (κ2) is 13.5. The maximum atomic E-state index is 11.9. The predicted molar refractivity (Wildman–Crippen MR) is 105 cm³/mol. The van der Waals surface area contributed by atoms with Crippen LogP contribution in [0, 0.1) is 0 Å². The summed E-state index contributed by atoms with van der Waals surface area (Å²) in [7, 11) is 0. The van der Waals surface area contributed by atoms with Gasteiger partial charge in [-0.1, -0.05) is 26.3 Å². The van der Waals surface area contributed by atoms with Crippen LogP contribution in [0.15, 0.2) is 49.8 Å². The standard InChI is InChI=1S/C20H26O11/c1-9-15(30-19(23)28-13(7)26-16(21)11(3)4)18(25-10-2)31-20(24)29-14(8)27-17(22)12(5)6/h9-10,13-15,18H,1-3,5H2,4,6-8H3. The minimum Gasteiger partial charge on any atom is -0.459 e. The molecule has 0 radical (unpaired) electrons. The van der Waals surface area contributed by atoms with Crippen molar-refractivity contribution in [1.29, 1.82) is 0 Å². The van der Waals surface area contributed by atoms with Crippen molar-refractivity contribution in [3.8, 4) is 0 Å². The van der Waals surface area contributed by atoms with Gasteiger partial charge in [0.15, 0.2) is 6.10 Å². The highest BCUT2D eigenvalue weighted by atomic mass is 16.8. The maximum Gasteiger partial charge on any atom is 0.514 e. The van der Waals surface area contributed by atoms with Crippen LogP contribution in [0.5, 0.6) is 0 Å². The second-order valence-corrected chi connectivity index (χ2v) is 5.85. The molecular formula is C20H26O11. The van der Waals surface area contributed by atoms with E-state index in [0.717, 1.165) is 12.3 Å². The van der Waals surface area contributed by atoms with Crippen LogP contribution in [-0.4, -0.2) is 49.2 Å². The van der Waals surface area contributed by atoms with Gasteiger partial charge in [-0.25, -0.2) is 19.2 Å². The van der Waals surface area contributed by atoms with Gasteiger partial charge in [-0.15, -0.1) is 0 Å². The lowest BCUT2D eigenvalue weighted by Gasteiger charge is -2.24. The molecule has 11 nitrogen and oxygen atoms in total. The lowest BCUT2D eigenvalue weighted by atomic mass is 10.3. The smallest absolute Gasteiger partial charge is 0.459 e. The van der Waals surface area contributed by atoms with Crippen LogP contribution >= 0.6 is 0 Å². The molecule has 0 N–H and O–H groups in total. The van der Waals surface area contributed by atoms with E-state index >= 15 is 0 Å². The minimum absolute atomic E-state index is 0.0958. The molecule has 0 aromatic rings. The number of esters is 2. The number of ether oxygens (including phenoxy) is 7. The maximum absolute atomic E-state index is 11.9. The largest absolute Gasteiger partial charge is 0.514 e. The van der Waals surface area contributed by atoms with Crippen LogP contribution in [-0.2, 0) is 42.7 Å². The second-order valence-electron chi connectivity index (χ2n) is 5.85. The number of hydrogen-bond acceptors (Lipinski definition) is 11. The Bertz CT molecular complexity index is 725. The first kappa shape index (κ1) is 27.2. The highest BCUT2D eigenvalue weighted by Gasteiger charge is 2.30. The van der Waals surface area contributed by atoms with Crippen molar-refractivity contribution in [3.05, 3.63) is 49.8 Å². The van der Waals surface area contributed by atoms with E-state index in [1.54, 1.807) is 0 Å². The Labute approximate surface area is 179 Å². The molecule has 0 spiro atoms. The Kier molecular flexibility index (Phi) is 11.8. The normalized spacial score (nSPS) is 13.7. The van der Waals surface area contributed by atoms with E-state index in [0.29, 0.717) is 0 Å². The molecule has 0 aromatic heterocycles. The van der Waals surface area contributed by atoms with Crippen molar-refractivity contribution in [3.63, 3.8) is 0 Å². The first-order valence-corrected chi connectivity index (χ1v) is 8.77. The van der Waals surface area contributed by atoms with Gasteiger partial charge in [0.1, 0.15) is 0 Å². The quantitative estimate of drug-likeness (QED) is 0.110. The van der Waals surface area contributed by atoms with Gasteiger partial charge in [0, 0.05) is 25.0 Å². The van der Waals surface area contributed by atoms with E-state index in [9.17, 15) is 19.2 Å². The SMILES string of the molecule is C=COC(OC(=O)OC(C)OC(=O)C(=C)C)C(C=C)OC(=O)OC(C)OC(=O)C(=C)C. The summed E-state index contributed by atoms with van der Waals surface area (Å²) < 4.78 is 33.9. The Morgan fingerprint density at radius 1 is 0.710 bits per heavy atom. The van der Waals surface area contributed by atoms with Crippen molar-refractivity contribution in [2.45, 2.75) is 52.7 Å². The lowest BCUT2D eigenvalue weighted by Crippen LogP contribution is -2.37. The topological polar surface area (TPSA) is 133 Å². The fraction of sp³-hybridized carbons (Fsp3) is 0.400. The first-order chi connectivity index (χ1) is 14.4. The van der Waals surface area contributed by atoms with Gasteiger partial charge < -0.3 is 33.2 Å². The third kappa shape index (κ3) is 11.1. The molecule has 4 unspecified atom stereocenters. The van der Waals surface area contributed by atoms with Gasteiger partial charge in [-0.2, -0.15) is 0 Å². The zero-order chi connectivity index (χ0) is 24.1. The summed E-state index contributed by atoms with van der Waals surface area (Å²) in [6.07, 6.45) is -6.19. The van der Waals surface area contributed by atoms with Gasteiger partial charge in [0.25, 0.3) is 6.29 Å². The Hall–Kier alpha value is -3.76. The molecule has 0 bridgehead atoms. The number of carbonyl (C=O) groups is 4. The molecule has 31 heavy (non-hydrogen) atoms. The molecule has 11 heteroatoms. The van der Waals surface area contributed by atoms with E-state index in [2.05, 4.69) is 26.3 Å². The first-order valence-electron chi connectivity index (χ1n) is 8.77. The molecule has 0 saturated carbocycles. The third-order valence-electron chi connectivity index (χ3n) is 2.94. The third-order valence-corrected chi connectivity index (χ3v) is 2.94. The zero-order valence-electron chi connectivity index (χ0n) is 17.8. The summed E-state index contributed by atoms with van der Waals surface area (Å²) in [5, 5.41) is 0. The highest BCUT2D eigenvalue weighted by Crippen LogP contribution is 2.13. The van der Waals surface area contributed by atoms with Crippen molar-refractivity contribution >= 4 is 24.2 Å². The summed E-state index contributed by atoms with van der Waals surface area (Å²) in [4.78, 5) is 46.6. The van der Waals surface area contributed by atoms with E-state index < -0.39 is 49.2 Å². The molecule has 0 aliphatic rings. The molecule has 0 rings (SSSR count). The van der Waals surface area contributed by atoms with Gasteiger partial charge in [0.05, 0.1) is 6.26 Å². The average molecular weight is 442 g/mol. The summed E-state index contributed by atoms with van der Waals surface area (Å²) in [5.41, 5.74) is 0.195. The van der Waals surface area contributed by atoms with E-state index in [-0.39, 0.29) is 11.1 Å². The van der Waals surface area contributed by atoms with Crippen LogP contribution in [0.25, 0.3) is 0 Å². The Balaban J connectivity index is 4.90. The van der Waals surface area contributed by atoms with Crippen LogP contribution in [0.3, 0.4) is 0 Å². The fourth-order valence-corrected chi connectivity index (χ4v) is 1.57. The highest BCUT2D eigenvalue weighted by molar-refractivity contribution is 5.87. The minimum atomic E-state index is -1.58. The Morgan fingerprint density at radius 3 is 1.48 bits per heavy atom. The number of rotatable bonds is 12. The average Bonchev–Trinajstić information content (AvgIpc) is 2.64. The van der Waals surface area contributed by atoms with Crippen LogP contribution in [0.2, 0.25) is 0 Å². The van der Waals surface area contributed by atoms with Crippen LogP contribution in [0.1, 0.15) is 27.7 Å². The van der Waals surface area contributed by atoms with E-state index in [1.807, 2.05) is 0 Å². The lowest BCUT2D eigenvalue weighted by molar-refractivity contribution is -0.182. The zero-order valence-corrected chi connectivity index (χ0v) is 17.8. The molecule has 0 saturated heterocycles. The molecule has 0 aromatic carbocycles. The molecule has 0 aliphatic carbocycles. The molecule has 0 aliphatic heterocycles. The summed E-state index contributed by atoms with van der Waals surface area (Å²) in [6.45, 7) is 18.9. The van der Waals surface area contributed by atoms with Crippen molar-refractivity contribution in [2.75, 3.05) is 0 Å². The van der Waals surface area contributed by atoms with E-state index in [4.69, 9.17) is 33.2 Å². The fourth-order valence-electron chi connectivity index (χ4n) is 1.57. The van der Waals surface area contributed by atoms with E-state index in [1.165, 1.54) is 27.7 Å². The summed E-state index contributed by atoms with van der Waals surface area (Å²) in [6, 6.07) is 0. The molecule has 172 valence electrons. The van der Waals surface area contributed by atoms with Crippen molar-refractivity contribution in [2.24, 2.45) is 0 Å². The van der Waals surface area contributed by atoms with Crippen LogP contribution < -0.4 is 0 Å². The summed E-state index contributed by atoms with van der Waals surface area (Å²) >= 11 is 0. The number of hydrogen-bond donors (Lipinski definition) is 0. The molecule has 0 amide bonds. The molecular weight excluding hydrogens is 416 g/mol. The van der Waals surface area contributed by atoms with Gasteiger partial charge in [-0.3, -0.25) is 0 Å². The number of carbonyl (C=O) groups excluding carboxylic acids is 4. The van der Waals surface area contributed by atoms with Gasteiger partial charge >= 0.3 is 24.2 Å². The molecule has 0 fully saturated rings.